The fourth-order valence-corrected chi connectivity index (χ4v) is 2.63. The van der Waals surface area contributed by atoms with E-state index >= 15 is 0 Å². The molecule has 0 bridgehead atoms. The van der Waals surface area contributed by atoms with E-state index in [9.17, 15) is 0 Å². The second-order valence-electron chi connectivity index (χ2n) is 6.20. The molecule has 1 heterocycles. The second kappa shape index (κ2) is 8.34. The predicted octanol–water partition coefficient (Wildman–Crippen LogP) is 3.80. The summed E-state index contributed by atoms with van der Waals surface area (Å²) < 4.78 is 8.01. The number of hydrogen-bond acceptors (Lipinski definition) is 4. The van der Waals surface area contributed by atoms with Crippen molar-refractivity contribution in [1.29, 1.82) is 0 Å². The van der Waals surface area contributed by atoms with Crippen molar-refractivity contribution in [3.8, 4) is 5.75 Å². The molecule has 0 unspecified atom stereocenters. The Morgan fingerprint density at radius 2 is 1.81 bits per heavy atom. The molecular weight excluding hydrogens is 324 g/mol. The van der Waals surface area contributed by atoms with Crippen molar-refractivity contribution in [1.82, 2.24) is 14.6 Å². The highest BCUT2D eigenvalue weighted by molar-refractivity contribution is 6.02. The van der Waals surface area contributed by atoms with E-state index in [1.807, 2.05) is 49.1 Å². The van der Waals surface area contributed by atoms with Gasteiger partial charge < -0.3 is 9.75 Å². The lowest BCUT2D eigenvalue weighted by atomic mass is 10.1. The molecule has 0 atom stereocenters. The van der Waals surface area contributed by atoms with Gasteiger partial charge in [0, 0.05) is 26.5 Å². The Bertz CT molecular complexity index is 852. The molecule has 0 fully saturated rings. The molecule has 1 aromatic heterocycles. The van der Waals surface area contributed by atoms with Crippen LogP contribution in [0.2, 0.25) is 0 Å². The van der Waals surface area contributed by atoms with Gasteiger partial charge in [-0.1, -0.05) is 43.3 Å². The molecule has 0 aliphatic carbocycles. The third-order valence-corrected chi connectivity index (χ3v) is 4.00. The number of rotatable bonds is 6. The quantitative estimate of drug-likeness (QED) is 0.387. The molecule has 0 saturated carbocycles. The molecule has 26 heavy (non-hydrogen) atoms. The van der Waals surface area contributed by atoms with Crippen LogP contribution < -0.4 is 4.74 Å². The van der Waals surface area contributed by atoms with Gasteiger partial charge in [-0.15, -0.1) is 0 Å². The lowest BCUT2D eigenvalue weighted by Crippen LogP contribution is -2.18. The summed E-state index contributed by atoms with van der Waals surface area (Å²) in [6.07, 6.45) is 6.40. The monoisotopic (exact) mass is 348 g/mol. The van der Waals surface area contributed by atoms with Crippen LogP contribution in [-0.2, 0) is 13.0 Å². The zero-order valence-electron chi connectivity index (χ0n) is 15.5. The first kappa shape index (κ1) is 17.7. The minimum atomic E-state index is 0.514. The van der Waals surface area contributed by atoms with Crippen LogP contribution in [0.5, 0.6) is 5.75 Å². The van der Waals surface area contributed by atoms with Gasteiger partial charge >= 0.3 is 0 Å². The number of imidazole rings is 1. The Morgan fingerprint density at radius 1 is 1.08 bits per heavy atom. The first-order valence-electron chi connectivity index (χ1n) is 8.71. The molecule has 0 spiro atoms. The number of benzene rings is 2. The van der Waals surface area contributed by atoms with Gasteiger partial charge in [-0.25, -0.2) is 4.98 Å². The van der Waals surface area contributed by atoms with Crippen molar-refractivity contribution >= 4 is 5.84 Å². The van der Waals surface area contributed by atoms with E-state index in [-0.39, 0.29) is 0 Å². The SMILES string of the molecule is CCc1ccc(COc2ccccc2/C(=N\N(C)C)n2ccnc2)cc1. The lowest BCUT2D eigenvalue weighted by Gasteiger charge is -2.16. The third-order valence-electron chi connectivity index (χ3n) is 4.00. The summed E-state index contributed by atoms with van der Waals surface area (Å²) in [5.41, 5.74) is 3.39. The van der Waals surface area contributed by atoms with Crippen LogP contribution in [0.25, 0.3) is 0 Å². The molecule has 5 nitrogen and oxygen atoms in total. The zero-order valence-corrected chi connectivity index (χ0v) is 15.5. The first-order chi connectivity index (χ1) is 12.7. The van der Waals surface area contributed by atoms with Crippen LogP contribution in [0.3, 0.4) is 0 Å². The largest absolute Gasteiger partial charge is 0.488 e. The van der Waals surface area contributed by atoms with Crippen molar-refractivity contribution in [2.75, 3.05) is 14.1 Å². The number of ether oxygens (including phenoxy) is 1. The Kier molecular flexibility index (Phi) is 5.69. The molecule has 5 heteroatoms. The molecule has 134 valence electrons. The standard InChI is InChI=1S/C21H24N4O/c1-4-17-9-11-18(12-10-17)15-26-20-8-6-5-7-19(20)21(23-24(2)3)25-14-13-22-16-25/h5-14,16H,4,15H2,1-3H3/b23-21+. The third kappa shape index (κ3) is 4.30. The number of aryl methyl sites for hydroxylation is 1. The van der Waals surface area contributed by atoms with Crippen molar-refractivity contribution in [2.45, 2.75) is 20.0 Å². The first-order valence-corrected chi connectivity index (χ1v) is 8.71. The highest BCUT2D eigenvalue weighted by Crippen LogP contribution is 2.21. The van der Waals surface area contributed by atoms with Gasteiger partial charge in [0.1, 0.15) is 18.7 Å². The fraction of sp³-hybridized carbons (Fsp3) is 0.238. The molecule has 0 N–H and O–H groups in total. The minimum absolute atomic E-state index is 0.514. The van der Waals surface area contributed by atoms with Crippen molar-refractivity contribution in [3.63, 3.8) is 0 Å². The van der Waals surface area contributed by atoms with E-state index in [0.29, 0.717) is 6.61 Å². The summed E-state index contributed by atoms with van der Waals surface area (Å²) in [7, 11) is 3.80. The predicted molar refractivity (Wildman–Crippen MR) is 104 cm³/mol. The molecule has 0 radical (unpaired) electrons. The topological polar surface area (TPSA) is 42.6 Å². The molecule has 3 rings (SSSR count). The average molecular weight is 348 g/mol. The highest BCUT2D eigenvalue weighted by atomic mass is 16.5. The molecule has 0 saturated heterocycles. The van der Waals surface area contributed by atoms with Crippen LogP contribution in [-0.4, -0.2) is 34.5 Å². The maximum atomic E-state index is 6.12. The number of aromatic nitrogens is 2. The second-order valence-corrected chi connectivity index (χ2v) is 6.20. The van der Waals surface area contributed by atoms with E-state index in [2.05, 4.69) is 41.3 Å². The Hall–Kier alpha value is -3.08. The Labute approximate surface area is 154 Å². The molecule has 3 aromatic rings. The number of hydrazone groups is 1. The smallest absolute Gasteiger partial charge is 0.168 e. The van der Waals surface area contributed by atoms with Gasteiger partial charge in [-0.05, 0) is 29.7 Å². The summed E-state index contributed by atoms with van der Waals surface area (Å²) in [6.45, 7) is 2.67. The normalized spacial score (nSPS) is 11.4. The number of hydrogen-bond donors (Lipinski definition) is 0. The molecule has 2 aromatic carbocycles. The van der Waals surface area contributed by atoms with E-state index in [4.69, 9.17) is 4.74 Å². The van der Waals surface area contributed by atoms with Gasteiger partial charge in [0.2, 0.25) is 0 Å². The van der Waals surface area contributed by atoms with Crippen LogP contribution in [0, 0.1) is 0 Å². The van der Waals surface area contributed by atoms with Crippen molar-refractivity contribution < 1.29 is 4.74 Å². The molecule has 0 aliphatic heterocycles. The Morgan fingerprint density at radius 3 is 2.46 bits per heavy atom. The van der Waals surface area contributed by atoms with E-state index < -0.39 is 0 Å². The minimum Gasteiger partial charge on any atom is -0.488 e. The molecular formula is C21H24N4O. The number of nitrogens with zero attached hydrogens (tertiary/aromatic N) is 4. The highest BCUT2D eigenvalue weighted by Gasteiger charge is 2.13. The Balaban J connectivity index is 1.86. The maximum absolute atomic E-state index is 6.12. The summed E-state index contributed by atoms with van der Waals surface area (Å²) in [4.78, 5) is 4.14. The zero-order chi connectivity index (χ0) is 18.4. The van der Waals surface area contributed by atoms with Gasteiger partial charge in [-0.3, -0.25) is 4.57 Å². The summed E-state index contributed by atoms with van der Waals surface area (Å²) in [5.74, 6) is 1.56. The van der Waals surface area contributed by atoms with Gasteiger partial charge in [0.25, 0.3) is 0 Å². The average Bonchev–Trinajstić information content (AvgIpc) is 3.19. The lowest BCUT2D eigenvalue weighted by molar-refractivity contribution is 0.305. The van der Waals surface area contributed by atoms with Crippen LogP contribution in [0.4, 0.5) is 0 Å². The van der Waals surface area contributed by atoms with Gasteiger partial charge in [0.15, 0.2) is 5.84 Å². The fourth-order valence-electron chi connectivity index (χ4n) is 2.63. The van der Waals surface area contributed by atoms with E-state index in [0.717, 1.165) is 29.1 Å². The summed E-state index contributed by atoms with van der Waals surface area (Å²) in [5, 5.41) is 6.39. The van der Waals surface area contributed by atoms with E-state index in [1.165, 1.54) is 5.56 Å². The van der Waals surface area contributed by atoms with Crippen molar-refractivity contribution in [3.05, 3.63) is 83.9 Å². The van der Waals surface area contributed by atoms with Crippen LogP contribution >= 0.6 is 0 Å². The van der Waals surface area contributed by atoms with E-state index in [1.54, 1.807) is 17.5 Å². The van der Waals surface area contributed by atoms with Gasteiger partial charge in [-0.2, -0.15) is 5.10 Å². The molecule has 0 amide bonds. The van der Waals surface area contributed by atoms with Crippen LogP contribution in [0.15, 0.2) is 72.4 Å². The number of para-hydroxylation sites is 1. The maximum Gasteiger partial charge on any atom is 0.168 e. The van der Waals surface area contributed by atoms with Gasteiger partial charge in [0.05, 0.1) is 5.56 Å². The summed E-state index contributed by atoms with van der Waals surface area (Å²) >= 11 is 0. The summed E-state index contributed by atoms with van der Waals surface area (Å²) in [6, 6.07) is 16.5. The molecule has 0 aliphatic rings. The van der Waals surface area contributed by atoms with Crippen molar-refractivity contribution in [2.24, 2.45) is 5.10 Å². The van der Waals surface area contributed by atoms with Crippen LogP contribution in [0.1, 0.15) is 23.6 Å².